The fourth-order valence-electron chi connectivity index (χ4n) is 2.22. The Hall–Kier alpha value is -2.91. The van der Waals surface area contributed by atoms with Gasteiger partial charge >= 0.3 is 5.97 Å². The largest absolute Gasteiger partial charge is 0.462 e. The van der Waals surface area contributed by atoms with E-state index in [0.717, 1.165) is 28.2 Å². The summed E-state index contributed by atoms with van der Waals surface area (Å²) >= 11 is 2.30. The van der Waals surface area contributed by atoms with Gasteiger partial charge in [0.1, 0.15) is 4.88 Å². The summed E-state index contributed by atoms with van der Waals surface area (Å²) in [5.74, 6) is -0.925. The van der Waals surface area contributed by atoms with Crippen LogP contribution in [0.3, 0.4) is 0 Å². The molecule has 3 aromatic rings. The smallest absolute Gasteiger partial charge is 0.348 e. The fourth-order valence-corrected chi connectivity index (χ4v) is 3.98. The number of thiophene rings is 2. The number of hydrogen-bond donors (Lipinski definition) is 2. The summed E-state index contributed by atoms with van der Waals surface area (Å²) in [6.45, 7) is 3.81. The Morgan fingerprint density at radius 1 is 1.07 bits per heavy atom. The van der Waals surface area contributed by atoms with Crippen molar-refractivity contribution in [2.24, 2.45) is 0 Å². The molecule has 0 radical (unpaired) electrons. The third kappa shape index (κ3) is 4.44. The van der Waals surface area contributed by atoms with Crippen molar-refractivity contribution in [3.63, 3.8) is 0 Å². The molecule has 7 nitrogen and oxygen atoms in total. The third-order valence-corrected chi connectivity index (χ3v) is 5.56. The van der Waals surface area contributed by atoms with Gasteiger partial charge in [-0.05, 0) is 49.7 Å². The van der Waals surface area contributed by atoms with Crippen LogP contribution in [0.15, 0.2) is 41.0 Å². The van der Waals surface area contributed by atoms with Gasteiger partial charge in [-0.25, -0.2) is 4.79 Å². The van der Waals surface area contributed by atoms with Gasteiger partial charge < -0.3 is 19.8 Å². The fraction of sp³-hybridized carbons (Fsp3) is 0.167. The van der Waals surface area contributed by atoms with Crippen molar-refractivity contribution in [3.8, 4) is 0 Å². The number of amides is 2. The maximum atomic E-state index is 12.4. The minimum atomic E-state index is -0.403. The van der Waals surface area contributed by atoms with Crippen LogP contribution in [0, 0.1) is 6.92 Å². The molecule has 0 aliphatic heterocycles. The number of esters is 1. The van der Waals surface area contributed by atoms with Gasteiger partial charge in [0.25, 0.3) is 11.8 Å². The lowest BCUT2D eigenvalue weighted by molar-refractivity contribution is 0.0531. The monoisotopic (exact) mass is 404 g/mol. The Morgan fingerprint density at radius 2 is 1.85 bits per heavy atom. The van der Waals surface area contributed by atoms with Crippen LogP contribution in [-0.2, 0) is 4.74 Å². The van der Waals surface area contributed by atoms with E-state index in [2.05, 4.69) is 10.6 Å². The van der Waals surface area contributed by atoms with E-state index in [1.165, 1.54) is 6.26 Å². The molecule has 0 saturated carbocycles. The summed E-state index contributed by atoms with van der Waals surface area (Å²) in [6.07, 6.45) is 1.41. The molecule has 0 atom stereocenters. The molecule has 9 heteroatoms. The maximum absolute atomic E-state index is 12.4. The molecule has 0 unspecified atom stereocenters. The van der Waals surface area contributed by atoms with Gasteiger partial charge in [0.2, 0.25) is 0 Å². The second-order valence-corrected chi connectivity index (χ2v) is 7.53. The van der Waals surface area contributed by atoms with Crippen LogP contribution >= 0.6 is 22.7 Å². The standard InChI is InChI=1S/C18H16N2O5S2/c1-3-24-18(23)15-10(2)9-14(27-15)20-17(22)12-6-7-13(26-12)19-16(21)11-5-4-8-25-11/h4-9H,3H2,1-2H3,(H,19,21)(H,20,22). The molecule has 2 N–H and O–H groups in total. The Balaban J connectivity index is 1.65. The zero-order valence-electron chi connectivity index (χ0n) is 14.5. The second-order valence-electron chi connectivity index (χ2n) is 5.39. The number of carbonyl (C=O) groups is 3. The molecule has 0 aliphatic carbocycles. The predicted octanol–water partition coefficient (Wildman–Crippen LogP) is 4.39. The minimum absolute atomic E-state index is 0.190. The summed E-state index contributed by atoms with van der Waals surface area (Å²) in [7, 11) is 0. The number of furan rings is 1. The first kappa shape index (κ1) is 18.9. The number of aryl methyl sites for hydroxylation is 1. The highest BCUT2D eigenvalue weighted by molar-refractivity contribution is 7.19. The van der Waals surface area contributed by atoms with Gasteiger partial charge in [-0.1, -0.05) is 0 Å². The van der Waals surface area contributed by atoms with E-state index in [-0.39, 0.29) is 17.6 Å². The van der Waals surface area contributed by atoms with E-state index in [0.29, 0.717) is 26.4 Å². The molecular weight excluding hydrogens is 388 g/mol. The van der Waals surface area contributed by atoms with Crippen molar-refractivity contribution in [2.45, 2.75) is 13.8 Å². The van der Waals surface area contributed by atoms with Crippen molar-refractivity contribution in [1.82, 2.24) is 0 Å². The Morgan fingerprint density at radius 3 is 2.56 bits per heavy atom. The lowest BCUT2D eigenvalue weighted by Gasteiger charge is -2.00. The zero-order chi connectivity index (χ0) is 19.4. The van der Waals surface area contributed by atoms with Crippen molar-refractivity contribution in [1.29, 1.82) is 0 Å². The first-order valence-electron chi connectivity index (χ1n) is 8.01. The highest BCUT2D eigenvalue weighted by Crippen LogP contribution is 2.29. The molecule has 0 aromatic carbocycles. The van der Waals surface area contributed by atoms with E-state index in [1.54, 1.807) is 44.2 Å². The van der Waals surface area contributed by atoms with E-state index < -0.39 is 5.97 Å². The third-order valence-electron chi connectivity index (χ3n) is 3.43. The number of anilines is 2. The van der Waals surface area contributed by atoms with Gasteiger partial charge in [0, 0.05) is 0 Å². The number of rotatable bonds is 6. The van der Waals surface area contributed by atoms with Crippen LogP contribution in [0.4, 0.5) is 10.0 Å². The van der Waals surface area contributed by atoms with Gasteiger partial charge in [-0.15, -0.1) is 22.7 Å². The molecule has 2 amide bonds. The van der Waals surface area contributed by atoms with Crippen LogP contribution in [-0.4, -0.2) is 24.4 Å². The molecule has 3 aromatic heterocycles. The lowest BCUT2D eigenvalue weighted by atomic mass is 10.3. The average molecular weight is 404 g/mol. The molecule has 0 fully saturated rings. The number of nitrogens with one attached hydrogen (secondary N) is 2. The highest BCUT2D eigenvalue weighted by Gasteiger charge is 2.18. The van der Waals surface area contributed by atoms with E-state index >= 15 is 0 Å². The molecule has 0 spiro atoms. The lowest BCUT2D eigenvalue weighted by Crippen LogP contribution is -2.10. The van der Waals surface area contributed by atoms with E-state index in [4.69, 9.17) is 9.15 Å². The summed E-state index contributed by atoms with van der Waals surface area (Å²) in [6, 6.07) is 8.16. The topological polar surface area (TPSA) is 97.6 Å². The van der Waals surface area contributed by atoms with Crippen molar-refractivity contribution >= 4 is 50.5 Å². The van der Waals surface area contributed by atoms with Crippen LogP contribution < -0.4 is 10.6 Å². The van der Waals surface area contributed by atoms with Gasteiger partial charge in [-0.2, -0.15) is 0 Å². The van der Waals surface area contributed by atoms with Crippen molar-refractivity contribution in [2.75, 3.05) is 17.2 Å². The summed E-state index contributed by atoms with van der Waals surface area (Å²) in [5, 5.41) is 6.51. The van der Waals surface area contributed by atoms with E-state index in [1.807, 2.05) is 0 Å². The van der Waals surface area contributed by atoms with Gasteiger partial charge in [-0.3, -0.25) is 9.59 Å². The predicted molar refractivity (Wildman–Crippen MR) is 104 cm³/mol. The van der Waals surface area contributed by atoms with Crippen molar-refractivity contribution in [3.05, 3.63) is 57.7 Å². The molecule has 3 heterocycles. The Bertz CT molecular complexity index is 972. The molecular formula is C18H16N2O5S2. The average Bonchev–Trinajstić information content (AvgIpc) is 3.35. The van der Waals surface area contributed by atoms with Crippen LogP contribution in [0.2, 0.25) is 0 Å². The quantitative estimate of drug-likeness (QED) is 0.594. The summed E-state index contributed by atoms with van der Waals surface area (Å²) in [5.41, 5.74) is 0.742. The Labute approximate surface area is 163 Å². The molecule has 140 valence electrons. The van der Waals surface area contributed by atoms with Crippen LogP contribution in [0.25, 0.3) is 0 Å². The van der Waals surface area contributed by atoms with Crippen molar-refractivity contribution < 1.29 is 23.5 Å². The molecule has 3 rings (SSSR count). The number of hydrogen-bond acceptors (Lipinski definition) is 7. The maximum Gasteiger partial charge on any atom is 0.348 e. The molecule has 27 heavy (non-hydrogen) atoms. The number of ether oxygens (including phenoxy) is 1. The summed E-state index contributed by atoms with van der Waals surface area (Å²) < 4.78 is 10.0. The van der Waals surface area contributed by atoms with E-state index in [9.17, 15) is 14.4 Å². The first-order chi connectivity index (χ1) is 13.0. The highest BCUT2D eigenvalue weighted by atomic mass is 32.1. The molecule has 0 bridgehead atoms. The minimum Gasteiger partial charge on any atom is -0.462 e. The zero-order valence-corrected chi connectivity index (χ0v) is 16.2. The summed E-state index contributed by atoms with van der Waals surface area (Å²) in [4.78, 5) is 37.1. The van der Waals surface area contributed by atoms with Crippen LogP contribution in [0.5, 0.6) is 0 Å². The molecule has 0 aliphatic rings. The van der Waals surface area contributed by atoms with Gasteiger partial charge in [0.05, 0.1) is 27.7 Å². The second kappa shape index (κ2) is 8.19. The van der Waals surface area contributed by atoms with Gasteiger partial charge in [0.15, 0.2) is 5.76 Å². The van der Waals surface area contributed by atoms with Crippen LogP contribution in [0.1, 0.15) is 42.4 Å². The molecule has 0 saturated heterocycles. The normalized spacial score (nSPS) is 10.4. The SMILES string of the molecule is CCOC(=O)c1sc(NC(=O)c2ccc(NC(=O)c3ccco3)s2)cc1C. The first-order valence-corrected chi connectivity index (χ1v) is 9.64. The Kier molecular flexibility index (Phi) is 5.72. The number of carbonyl (C=O) groups excluding carboxylic acids is 3.